The van der Waals surface area contributed by atoms with Crippen LogP contribution in [0.3, 0.4) is 0 Å². The maximum Gasteiger partial charge on any atom is 0.141 e. The highest BCUT2D eigenvalue weighted by Gasteiger charge is 1.99. The van der Waals surface area contributed by atoms with Gasteiger partial charge in [-0.3, -0.25) is 4.99 Å². The number of phenols is 2. The van der Waals surface area contributed by atoms with Crippen molar-refractivity contribution in [3.05, 3.63) is 53.6 Å². The summed E-state index contributed by atoms with van der Waals surface area (Å²) in [5.74, 6) is 0.305. The van der Waals surface area contributed by atoms with Crippen LogP contribution in [-0.4, -0.2) is 16.4 Å². The fourth-order valence-electron chi connectivity index (χ4n) is 1.48. The molecule has 3 heteroatoms. The van der Waals surface area contributed by atoms with Crippen LogP contribution in [0.1, 0.15) is 11.1 Å². The normalized spacial score (nSPS) is 10.9. The van der Waals surface area contributed by atoms with Crippen LogP contribution in [0, 0.1) is 6.92 Å². The summed E-state index contributed by atoms with van der Waals surface area (Å²) in [6.45, 7) is 1.90. The van der Waals surface area contributed by atoms with E-state index in [1.807, 2.05) is 19.1 Å². The van der Waals surface area contributed by atoms with Gasteiger partial charge in [0.1, 0.15) is 17.2 Å². The van der Waals surface area contributed by atoms with Crippen LogP contribution in [0.2, 0.25) is 0 Å². The lowest BCUT2D eigenvalue weighted by molar-refractivity contribution is 0.474. The Bertz CT molecular complexity index is 562. The van der Waals surface area contributed by atoms with Gasteiger partial charge in [0.25, 0.3) is 0 Å². The highest BCUT2D eigenvalue weighted by atomic mass is 16.3. The summed E-state index contributed by atoms with van der Waals surface area (Å²) in [4.78, 5) is 4.14. The predicted molar refractivity (Wildman–Crippen MR) is 68.2 cm³/mol. The van der Waals surface area contributed by atoms with Crippen molar-refractivity contribution < 1.29 is 10.2 Å². The van der Waals surface area contributed by atoms with Crippen molar-refractivity contribution in [2.24, 2.45) is 4.99 Å². The summed E-state index contributed by atoms with van der Waals surface area (Å²) in [5.41, 5.74) is 2.08. The summed E-state index contributed by atoms with van der Waals surface area (Å²) in [5, 5.41) is 19.2. The monoisotopic (exact) mass is 227 g/mol. The molecule has 0 spiro atoms. The van der Waals surface area contributed by atoms with E-state index in [4.69, 9.17) is 0 Å². The molecule has 0 aromatic heterocycles. The van der Waals surface area contributed by atoms with Crippen molar-refractivity contribution >= 4 is 11.9 Å². The first-order valence-electron chi connectivity index (χ1n) is 5.28. The van der Waals surface area contributed by atoms with Crippen molar-refractivity contribution in [1.82, 2.24) is 0 Å². The van der Waals surface area contributed by atoms with Gasteiger partial charge < -0.3 is 10.2 Å². The van der Waals surface area contributed by atoms with E-state index in [2.05, 4.69) is 4.99 Å². The van der Waals surface area contributed by atoms with E-state index >= 15 is 0 Å². The lowest BCUT2D eigenvalue weighted by atomic mass is 10.2. The first-order valence-corrected chi connectivity index (χ1v) is 5.28. The van der Waals surface area contributed by atoms with Crippen LogP contribution in [0.4, 0.5) is 5.69 Å². The van der Waals surface area contributed by atoms with Crippen molar-refractivity contribution in [3.8, 4) is 11.5 Å². The lowest BCUT2D eigenvalue weighted by Gasteiger charge is -2.00. The minimum absolute atomic E-state index is 0.136. The number of para-hydroxylation sites is 1. The molecule has 0 saturated carbocycles. The van der Waals surface area contributed by atoms with Crippen molar-refractivity contribution in [1.29, 1.82) is 0 Å². The Morgan fingerprint density at radius 3 is 2.47 bits per heavy atom. The van der Waals surface area contributed by atoms with Gasteiger partial charge in [-0.2, -0.15) is 0 Å². The lowest BCUT2D eigenvalue weighted by Crippen LogP contribution is -1.81. The summed E-state index contributed by atoms with van der Waals surface area (Å²) in [6, 6.07) is 12.2. The zero-order valence-corrected chi connectivity index (χ0v) is 9.46. The zero-order valence-electron chi connectivity index (χ0n) is 9.46. The van der Waals surface area contributed by atoms with Gasteiger partial charge in [0.15, 0.2) is 0 Å². The van der Waals surface area contributed by atoms with E-state index in [-0.39, 0.29) is 11.5 Å². The van der Waals surface area contributed by atoms with Gasteiger partial charge in [-0.15, -0.1) is 0 Å². The summed E-state index contributed by atoms with van der Waals surface area (Å²) in [6.07, 6.45) is 1.53. The predicted octanol–water partition coefficient (Wildman–Crippen LogP) is 3.16. The summed E-state index contributed by atoms with van der Waals surface area (Å²) >= 11 is 0. The summed E-state index contributed by atoms with van der Waals surface area (Å²) < 4.78 is 0. The average Bonchev–Trinajstić information content (AvgIpc) is 2.30. The Morgan fingerprint density at radius 2 is 1.76 bits per heavy atom. The smallest absolute Gasteiger partial charge is 0.141 e. The molecule has 2 rings (SSSR count). The van der Waals surface area contributed by atoms with Crippen molar-refractivity contribution in [2.45, 2.75) is 6.92 Å². The Labute approximate surface area is 99.7 Å². The molecule has 0 radical (unpaired) electrons. The fourth-order valence-corrected chi connectivity index (χ4v) is 1.48. The van der Waals surface area contributed by atoms with Gasteiger partial charge in [0.2, 0.25) is 0 Å². The van der Waals surface area contributed by atoms with Gasteiger partial charge >= 0.3 is 0 Å². The largest absolute Gasteiger partial charge is 0.507 e. The maximum absolute atomic E-state index is 9.66. The van der Waals surface area contributed by atoms with E-state index in [0.29, 0.717) is 11.3 Å². The number of benzene rings is 2. The molecule has 0 bridgehead atoms. The minimum Gasteiger partial charge on any atom is -0.507 e. The fraction of sp³-hybridized carbons (Fsp3) is 0.0714. The van der Waals surface area contributed by atoms with Crippen LogP contribution in [-0.2, 0) is 0 Å². The number of aromatic hydroxyl groups is 2. The number of hydrogen-bond acceptors (Lipinski definition) is 3. The highest BCUT2D eigenvalue weighted by molar-refractivity contribution is 5.85. The quantitative estimate of drug-likeness (QED) is 0.774. The molecule has 86 valence electrons. The van der Waals surface area contributed by atoms with Crippen molar-refractivity contribution in [3.63, 3.8) is 0 Å². The number of hydrogen-bond donors (Lipinski definition) is 2. The number of nitrogens with zero attached hydrogens (tertiary/aromatic N) is 1. The SMILES string of the molecule is Cc1ccc(N=Cc2ccccc2O)c(O)c1. The highest BCUT2D eigenvalue weighted by Crippen LogP contribution is 2.27. The second-order valence-corrected chi connectivity index (χ2v) is 3.81. The van der Waals surface area contributed by atoms with Crippen LogP contribution < -0.4 is 0 Å². The molecule has 0 saturated heterocycles. The zero-order chi connectivity index (χ0) is 12.3. The Kier molecular flexibility index (Phi) is 3.10. The third kappa shape index (κ3) is 2.64. The van der Waals surface area contributed by atoms with E-state index < -0.39 is 0 Å². The topological polar surface area (TPSA) is 52.8 Å². The van der Waals surface area contributed by atoms with Crippen molar-refractivity contribution in [2.75, 3.05) is 0 Å². The van der Waals surface area contributed by atoms with Gasteiger partial charge in [0.05, 0.1) is 0 Å². The number of aliphatic imine (C=N–C) groups is 1. The first-order chi connectivity index (χ1) is 8.16. The molecule has 0 fully saturated rings. The molecule has 2 aromatic rings. The molecule has 2 aromatic carbocycles. The third-order valence-corrected chi connectivity index (χ3v) is 2.41. The molecule has 2 N–H and O–H groups in total. The molecule has 3 nitrogen and oxygen atoms in total. The number of aryl methyl sites for hydroxylation is 1. The summed E-state index contributed by atoms with van der Waals surface area (Å²) in [7, 11) is 0. The molecular weight excluding hydrogens is 214 g/mol. The van der Waals surface area contributed by atoms with Gasteiger partial charge in [0, 0.05) is 11.8 Å². The average molecular weight is 227 g/mol. The maximum atomic E-state index is 9.66. The Balaban J connectivity index is 2.29. The first kappa shape index (κ1) is 11.2. The third-order valence-electron chi connectivity index (χ3n) is 2.41. The second kappa shape index (κ2) is 4.70. The second-order valence-electron chi connectivity index (χ2n) is 3.81. The van der Waals surface area contributed by atoms with Gasteiger partial charge in [-0.1, -0.05) is 18.2 Å². The number of phenolic OH excluding ortho intramolecular Hbond substituents is 2. The van der Waals surface area contributed by atoms with E-state index in [1.54, 1.807) is 30.3 Å². The molecule has 0 aliphatic rings. The molecule has 0 heterocycles. The molecule has 0 unspecified atom stereocenters. The Morgan fingerprint density at radius 1 is 1.00 bits per heavy atom. The van der Waals surface area contributed by atoms with Gasteiger partial charge in [-0.25, -0.2) is 0 Å². The van der Waals surface area contributed by atoms with E-state index in [9.17, 15) is 10.2 Å². The molecule has 0 amide bonds. The molecule has 0 atom stereocenters. The molecular formula is C14H13NO2. The Hall–Kier alpha value is -2.29. The van der Waals surface area contributed by atoms with E-state index in [0.717, 1.165) is 5.56 Å². The molecule has 17 heavy (non-hydrogen) atoms. The van der Waals surface area contributed by atoms with Crippen LogP contribution in [0.5, 0.6) is 11.5 Å². The standard InChI is InChI=1S/C14H13NO2/c1-10-6-7-12(14(17)8-10)15-9-11-4-2-3-5-13(11)16/h2-9,16-17H,1H3. The van der Waals surface area contributed by atoms with Gasteiger partial charge in [-0.05, 0) is 36.8 Å². The van der Waals surface area contributed by atoms with Crippen LogP contribution in [0.25, 0.3) is 0 Å². The minimum atomic E-state index is 0.136. The molecule has 0 aliphatic carbocycles. The molecule has 0 aliphatic heterocycles. The van der Waals surface area contributed by atoms with Crippen LogP contribution >= 0.6 is 0 Å². The van der Waals surface area contributed by atoms with Crippen LogP contribution in [0.15, 0.2) is 47.5 Å². The van der Waals surface area contributed by atoms with E-state index in [1.165, 1.54) is 6.21 Å². The number of rotatable bonds is 2.